The van der Waals surface area contributed by atoms with Crippen molar-refractivity contribution in [3.63, 3.8) is 0 Å². The molecule has 0 aromatic heterocycles. The number of rotatable bonds is 11. The molecule has 7 nitrogen and oxygen atoms in total. The highest BCUT2D eigenvalue weighted by atomic mass is 28.4. The summed E-state index contributed by atoms with van der Waals surface area (Å²) in [5.41, 5.74) is 2.19. The van der Waals surface area contributed by atoms with E-state index in [1.54, 1.807) is 0 Å². The Balaban J connectivity index is 1.12. The Morgan fingerprint density at radius 2 is 1.19 bits per heavy atom. The van der Waals surface area contributed by atoms with Gasteiger partial charge in [-0.2, -0.15) is 0 Å². The van der Waals surface area contributed by atoms with Gasteiger partial charge >= 0.3 is 0 Å². The standard InChI is InChI=1S/C39H52O7Si/c1-38(2,3)47(4,5)43-26-23-30-21-22-32-35(44-30)34(41)37-36(46-32)33(40)31(45-37)24-25-42-39(27-15-9-6-10-16-27,28-17-11-7-12-18-28)29-19-13-8-14-20-29/h6-20,30-37,40-41H,21-26H2,1-5H3/t30-,31-,32+,33+,34+,35+,36+,37+/m1/s1. The van der Waals surface area contributed by atoms with Crippen molar-refractivity contribution < 1.29 is 33.6 Å². The lowest BCUT2D eigenvalue weighted by molar-refractivity contribution is -0.260. The maximum absolute atomic E-state index is 11.5. The highest BCUT2D eigenvalue weighted by molar-refractivity contribution is 6.74. The van der Waals surface area contributed by atoms with E-state index in [-0.39, 0.29) is 17.2 Å². The van der Waals surface area contributed by atoms with Crippen LogP contribution in [-0.2, 0) is 29.0 Å². The third kappa shape index (κ3) is 7.03. The fraction of sp³-hybridized carbons (Fsp3) is 0.538. The van der Waals surface area contributed by atoms with Gasteiger partial charge in [0, 0.05) is 6.61 Å². The van der Waals surface area contributed by atoms with Crippen LogP contribution in [0.4, 0.5) is 0 Å². The molecule has 0 spiro atoms. The van der Waals surface area contributed by atoms with E-state index in [2.05, 4.69) is 70.3 Å². The minimum absolute atomic E-state index is 0.00609. The third-order valence-electron chi connectivity index (χ3n) is 10.8. The summed E-state index contributed by atoms with van der Waals surface area (Å²) in [6.07, 6.45) is -1.55. The zero-order valence-electron chi connectivity index (χ0n) is 28.5. The van der Waals surface area contributed by atoms with Gasteiger partial charge in [0.25, 0.3) is 0 Å². The quantitative estimate of drug-likeness (QED) is 0.177. The highest BCUT2D eigenvalue weighted by Gasteiger charge is 2.56. The first-order chi connectivity index (χ1) is 22.5. The molecule has 2 N–H and O–H groups in total. The van der Waals surface area contributed by atoms with Crippen LogP contribution in [0, 0.1) is 0 Å². The van der Waals surface area contributed by atoms with Crippen LogP contribution in [0.15, 0.2) is 91.0 Å². The second kappa shape index (κ2) is 14.2. The summed E-state index contributed by atoms with van der Waals surface area (Å²) in [7, 11) is -1.84. The lowest BCUT2D eigenvalue weighted by Gasteiger charge is -2.46. The van der Waals surface area contributed by atoms with E-state index in [1.165, 1.54) is 0 Å². The molecule has 47 heavy (non-hydrogen) atoms. The Labute approximate surface area is 281 Å². The highest BCUT2D eigenvalue weighted by Crippen LogP contribution is 2.43. The van der Waals surface area contributed by atoms with Crippen LogP contribution in [-0.4, -0.2) is 80.6 Å². The van der Waals surface area contributed by atoms with Gasteiger partial charge in [-0.1, -0.05) is 112 Å². The van der Waals surface area contributed by atoms with Crippen molar-refractivity contribution >= 4 is 8.32 Å². The van der Waals surface area contributed by atoms with E-state index in [4.69, 9.17) is 23.4 Å². The number of fused-ring (bicyclic) bond motifs is 2. The summed E-state index contributed by atoms with van der Waals surface area (Å²) < 4.78 is 32.5. The molecule has 3 heterocycles. The maximum atomic E-state index is 11.5. The maximum Gasteiger partial charge on any atom is 0.191 e. The van der Waals surface area contributed by atoms with Crippen molar-refractivity contribution in [1.29, 1.82) is 0 Å². The van der Waals surface area contributed by atoms with E-state index >= 15 is 0 Å². The Hall–Kier alpha value is -2.40. The predicted octanol–water partition coefficient (Wildman–Crippen LogP) is 6.60. The van der Waals surface area contributed by atoms with Crippen molar-refractivity contribution in [2.24, 2.45) is 0 Å². The second-order valence-corrected chi connectivity index (χ2v) is 19.7. The zero-order chi connectivity index (χ0) is 33.2. The summed E-state index contributed by atoms with van der Waals surface area (Å²) in [5.74, 6) is 0. The Morgan fingerprint density at radius 1 is 0.660 bits per heavy atom. The van der Waals surface area contributed by atoms with Gasteiger partial charge in [-0.3, -0.25) is 0 Å². The molecular formula is C39H52O7Si. The van der Waals surface area contributed by atoms with E-state index < -0.39 is 50.5 Å². The monoisotopic (exact) mass is 660 g/mol. The van der Waals surface area contributed by atoms with E-state index in [0.717, 1.165) is 36.0 Å². The molecule has 254 valence electrons. The predicted molar refractivity (Wildman–Crippen MR) is 185 cm³/mol. The van der Waals surface area contributed by atoms with Crippen LogP contribution >= 0.6 is 0 Å². The molecule has 3 aliphatic rings. The smallest absolute Gasteiger partial charge is 0.191 e. The molecule has 3 aromatic rings. The van der Waals surface area contributed by atoms with Crippen LogP contribution in [0.5, 0.6) is 0 Å². The lowest BCUT2D eigenvalue weighted by atomic mass is 9.80. The van der Waals surface area contributed by atoms with Crippen molar-refractivity contribution in [3.05, 3.63) is 108 Å². The van der Waals surface area contributed by atoms with Gasteiger partial charge < -0.3 is 33.6 Å². The molecule has 0 saturated carbocycles. The summed E-state index contributed by atoms with van der Waals surface area (Å²) in [4.78, 5) is 0. The fourth-order valence-corrected chi connectivity index (χ4v) is 8.20. The first-order valence-electron chi connectivity index (χ1n) is 17.3. The van der Waals surface area contributed by atoms with Gasteiger partial charge in [0.15, 0.2) is 8.32 Å². The third-order valence-corrected chi connectivity index (χ3v) is 15.4. The number of aliphatic hydroxyl groups excluding tert-OH is 2. The van der Waals surface area contributed by atoms with Gasteiger partial charge in [-0.15, -0.1) is 0 Å². The van der Waals surface area contributed by atoms with Gasteiger partial charge in [0.1, 0.15) is 36.1 Å². The molecule has 3 aliphatic heterocycles. The summed E-state index contributed by atoms with van der Waals surface area (Å²) in [6.45, 7) is 12.2. The molecule has 0 unspecified atom stereocenters. The Kier molecular flexibility index (Phi) is 10.4. The Morgan fingerprint density at radius 3 is 1.72 bits per heavy atom. The normalized spacial score (nSPS) is 29.7. The van der Waals surface area contributed by atoms with Crippen molar-refractivity contribution in [1.82, 2.24) is 0 Å². The summed E-state index contributed by atoms with van der Waals surface area (Å²) in [5, 5.41) is 23.1. The van der Waals surface area contributed by atoms with E-state index in [1.807, 2.05) is 54.6 Å². The van der Waals surface area contributed by atoms with Gasteiger partial charge in [-0.05, 0) is 60.5 Å². The fourth-order valence-electron chi connectivity index (χ4n) is 7.14. The minimum atomic E-state index is -1.84. The van der Waals surface area contributed by atoms with E-state index in [9.17, 15) is 10.2 Å². The largest absolute Gasteiger partial charge is 0.417 e. The molecule has 0 bridgehead atoms. The number of benzene rings is 3. The average molecular weight is 661 g/mol. The lowest BCUT2D eigenvalue weighted by Crippen LogP contribution is -2.61. The number of hydrogen-bond acceptors (Lipinski definition) is 7. The second-order valence-electron chi connectivity index (χ2n) is 14.9. The zero-order valence-corrected chi connectivity index (χ0v) is 29.5. The van der Waals surface area contributed by atoms with Crippen LogP contribution in [0.1, 0.15) is 63.1 Å². The number of ether oxygens (including phenoxy) is 4. The minimum Gasteiger partial charge on any atom is -0.417 e. The van der Waals surface area contributed by atoms with Crippen LogP contribution in [0.2, 0.25) is 18.1 Å². The molecule has 3 aromatic carbocycles. The van der Waals surface area contributed by atoms with Gasteiger partial charge in [0.2, 0.25) is 0 Å². The van der Waals surface area contributed by atoms with Crippen molar-refractivity contribution in [2.75, 3.05) is 13.2 Å². The first-order valence-corrected chi connectivity index (χ1v) is 20.2. The van der Waals surface area contributed by atoms with Crippen LogP contribution < -0.4 is 0 Å². The SMILES string of the molecule is CC(C)(C)[Si](C)(C)OCC[C@H]1CC[C@@H]2O[C@H]3[C@@H](O)[C@@H](CCOC(c4ccccc4)(c4ccccc4)c4ccccc4)O[C@H]3[C@@H](O)[C@H]2O1. The van der Waals surface area contributed by atoms with Crippen molar-refractivity contribution in [3.8, 4) is 0 Å². The van der Waals surface area contributed by atoms with Crippen LogP contribution in [0.25, 0.3) is 0 Å². The first kappa shape index (κ1) is 34.5. The van der Waals surface area contributed by atoms with Crippen molar-refractivity contribution in [2.45, 2.75) is 119 Å². The number of aliphatic hydroxyl groups is 2. The van der Waals surface area contributed by atoms with Gasteiger partial charge in [0.05, 0.1) is 24.9 Å². The van der Waals surface area contributed by atoms with Gasteiger partial charge in [-0.25, -0.2) is 0 Å². The topological polar surface area (TPSA) is 86.6 Å². The van der Waals surface area contributed by atoms with Crippen LogP contribution in [0.3, 0.4) is 0 Å². The molecule has 0 aliphatic carbocycles. The summed E-state index contributed by atoms with van der Waals surface area (Å²) >= 11 is 0. The van der Waals surface area contributed by atoms with E-state index in [0.29, 0.717) is 19.6 Å². The summed E-state index contributed by atoms with van der Waals surface area (Å²) in [6, 6.07) is 30.7. The molecule has 8 atom stereocenters. The average Bonchev–Trinajstić information content (AvgIpc) is 3.39. The molecular weight excluding hydrogens is 609 g/mol. The molecule has 6 rings (SSSR count). The molecule has 3 saturated heterocycles. The molecule has 8 heteroatoms. The Bertz CT molecular complexity index is 1320. The molecule has 3 fully saturated rings. The molecule has 0 radical (unpaired) electrons. The molecule has 0 amide bonds. The number of hydrogen-bond donors (Lipinski definition) is 2.